The van der Waals surface area contributed by atoms with E-state index in [0.29, 0.717) is 16.8 Å². The van der Waals surface area contributed by atoms with E-state index in [0.717, 1.165) is 23.9 Å². The van der Waals surface area contributed by atoms with Crippen LogP contribution in [-0.4, -0.2) is 26.9 Å². The van der Waals surface area contributed by atoms with Gasteiger partial charge in [-0.1, -0.05) is 37.1 Å². The summed E-state index contributed by atoms with van der Waals surface area (Å²) in [6.45, 7) is 2.12. The van der Waals surface area contributed by atoms with E-state index in [2.05, 4.69) is 22.6 Å². The van der Waals surface area contributed by atoms with Gasteiger partial charge in [-0.25, -0.2) is 4.68 Å². The van der Waals surface area contributed by atoms with Gasteiger partial charge in [0.25, 0.3) is 5.56 Å². The van der Waals surface area contributed by atoms with Gasteiger partial charge in [-0.05, 0) is 30.9 Å². The molecule has 1 saturated carbocycles. The van der Waals surface area contributed by atoms with Crippen LogP contribution in [0.3, 0.4) is 0 Å². The Kier molecular flexibility index (Phi) is 4.18. The zero-order chi connectivity index (χ0) is 15.5. The van der Waals surface area contributed by atoms with Crippen molar-refractivity contribution in [1.82, 2.24) is 20.3 Å². The molecule has 0 aliphatic heterocycles. The van der Waals surface area contributed by atoms with Gasteiger partial charge < -0.3 is 5.32 Å². The van der Waals surface area contributed by atoms with E-state index in [1.54, 1.807) is 24.3 Å². The molecule has 2 atom stereocenters. The number of hydrogen-bond donors (Lipinski definition) is 1. The van der Waals surface area contributed by atoms with Crippen LogP contribution in [0.4, 0.5) is 0 Å². The maximum atomic E-state index is 12.3. The largest absolute Gasteiger partial charge is 0.352 e. The molecule has 2 unspecified atom stereocenters. The minimum Gasteiger partial charge on any atom is -0.352 e. The Morgan fingerprint density at radius 1 is 1.36 bits per heavy atom. The molecular formula is C16H20N4O2. The molecule has 1 fully saturated rings. The van der Waals surface area contributed by atoms with Gasteiger partial charge in [0.15, 0.2) is 0 Å². The molecular weight excluding hydrogens is 280 g/mol. The van der Waals surface area contributed by atoms with Crippen molar-refractivity contribution in [3.05, 3.63) is 34.6 Å². The molecule has 0 radical (unpaired) electrons. The van der Waals surface area contributed by atoms with Crippen LogP contribution in [0.25, 0.3) is 10.9 Å². The average Bonchev–Trinajstić information content (AvgIpc) is 2.50. The fraction of sp³-hybridized carbons (Fsp3) is 0.500. The Morgan fingerprint density at radius 2 is 2.18 bits per heavy atom. The maximum absolute atomic E-state index is 12.3. The molecule has 0 bridgehead atoms. The number of rotatable bonds is 3. The molecule has 6 heteroatoms. The molecule has 2 aromatic rings. The van der Waals surface area contributed by atoms with Crippen molar-refractivity contribution >= 4 is 16.8 Å². The van der Waals surface area contributed by atoms with Crippen molar-refractivity contribution in [2.24, 2.45) is 5.92 Å². The highest BCUT2D eigenvalue weighted by molar-refractivity contribution is 5.78. The van der Waals surface area contributed by atoms with Crippen LogP contribution in [0.1, 0.15) is 32.6 Å². The molecule has 1 aliphatic rings. The topological polar surface area (TPSA) is 76.9 Å². The van der Waals surface area contributed by atoms with Gasteiger partial charge in [0.05, 0.1) is 5.39 Å². The highest BCUT2D eigenvalue weighted by Crippen LogP contribution is 2.23. The van der Waals surface area contributed by atoms with E-state index in [1.807, 2.05) is 0 Å². The monoisotopic (exact) mass is 300 g/mol. The fourth-order valence-corrected chi connectivity index (χ4v) is 3.10. The number of nitrogens with zero attached hydrogens (tertiary/aromatic N) is 3. The van der Waals surface area contributed by atoms with Crippen LogP contribution in [-0.2, 0) is 11.3 Å². The summed E-state index contributed by atoms with van der Waals surface area (Å²) in [6.07, 6.45) is 4.38. The van der Waals surface area contributed by atoms with E-state index < -0.39 is 0 Å². The highest BCUT2D eigenvalue weighted by atomic mass is 16.2. The lowest BCUT2D eigenvalue weighted by Gasteiger charge is -2.27. The fourth-order valence-electron chi connectivity index (χ4n) is 3.10. The molecule has 1 N–H and O–H groups in total. The smallest absolute Gasteiger partial charge is 0.278 e. The summed E-state index contributed by atoms with van der Waals surface area (Å²) in [6, 6.07) is 7.22. The molecule has 3 rings (SSSR count). The zero-order valence-electron chi connectivity index (χ0n) is 12.7. The van der Waals surface area contributed by atoms with Crippen molar-refractivity contribution < 1.29 is 4.79 Å². The van der Waals surface area contributed by atoms with Gasteiger partial charge in [0, 0.05) is 6.04 Å². The number of carbonyl (C=O) groups is 1. The van der Waals surface area contributed by atoms with Crippen molar-refractivity contribution in [3.8, 4) is 0 Å². The molecule has 6 nitrogen and oxygen atoms in total. The quantitative estimate of drug-likeness (QED) is 0.931. The summed E-state index contributed by atoms with van der Waals surface area (Å²) in [5, 5.41) is 11.3. The van der Waals surface area contributed by atoms with Crippen LogP contribution >= 0.6 is 0 Å². The first-order valence-corrected chi connectivity index (χ1v) is 7.75. The Bertz CT molecular complexity index is 740. The first kappa shape index (κ1) is 14.7. The Balaban J connectivity index is 1.71. The van der Waals surface area contributed by atoms with Gasteiger partial charge in [-0.3, -0.25) is 9.59 Å². The third kappa shape index (κ3) is 3.16. The van der Waals surface area contributed by atoms with Gasteiger partial charge >= 0.3 is 0 Å². The second kappa shape index (κ2) is 6.25. The predicted octanol–water partition coefficient (Wildman–Crippen LogP) is 1.49. The minimum atomic E-state index is -0.280. The zero-order valence-corrected chi connectivity index (χ0v) is 12.7. The summed E-state index contributed by atoms with van der Waals surface area (Å²) >= 11 is 0. The lowest BCUT2D eigenvalue weighted by atomic mass is 9.87. The van der Waals surface area contributed by atoms with Crippen LogP contribution in [0.5, 0.6) is 0 Å². The Morgan fingerprint density at radius 3 is 3.00 bits per heavy atom. The molecule has 1 heterocycles. The lowest BCUT2D eigenvalue weighted by Crippen LogP contribution is -2.41. The standard InChI is InChI=1S/C16H20N4O2/c1-11-5-4-6-12(9-11)17-15(21)10-20-16(22)13-7-2-3-8-14(13)18-19-20/h2-3,7-8,11-12H,4-6,9-10H2,1H3,(H,17,21). The number of amides is 1. The van der Waals surface area contributed by atoms with Crippen LogP contribution in [0.15, 0.2) is 29.1 Å². The minimum absolute atomic E-state index is 0.0818. The summed E-state index contributed by atoms with van der Waals surface area (Å²) in [7, 11) is 0. The Hall–Kier alpha value is -2.24. The first-order chi connectivity index (χ1) is 10.6. The molecule has 1 aromatic carbocycles. The van der Waals surface area contributed by atoms with E-state index in [1.165, 1.54) is 6.42 Å². The number of fused-ring (bicyclic) bond motifs is 1. The second-order valence-corrected chi connectivity index (χ2v) is 6.11. The lowest BCUT2D eigenvalue weighted by molar-refractivity contribution is -0.122. The van der Waals surface area contributed by atoms with E-state index in [9.17, 15) is 9.59 Å². The predicted molar refractivity (Wildman–Crippen MR) is 83.4 cm³/mol. The van der Waals surface area contributed by atoms with Crippen LogP contribution in [0.2, 0.25) is 0 Å². The summed E-state index contributed by atoms with van der Waals surface area (Å²) in [5.74, 6) is 0.466. The molecule has 0 saturated heterocycles. The molecule has 1 aromatic heterocycles. The molecule has 0 spiro atoms. The number of carbonyl (C=O) groups excluding carboxylic acids is 1. The SMILES string of the molecule is CC1CCCC(NC(=O)Cn2nnc3ccccc3c2=O)C1. The third-order valence-electron chi connectivity index (χ3n) is 4.22. The second-order valence-electron chi connectivity index (χ2n) is 6.11. The normalized spacial score (nSPS) is 21.7. The first-order valence-electron chi connectivity index (χ1n) is 7.75. The van der Waals surface area contributed by atoms with Gasteiger partial charge in [-0.2, -0.15) is 0 Å². The highest BCUT2D eigenvalue weighted by Gasteiger charge is 2.20. The number of nitrogens with one attached hydrogen (secondary N) is 1. The van der Waals surface area contributed by atoms with Gasteiger partial charge in [0.1, 0.15) is 12.1 Å². The number of benzene rings is 1. The van der Waals surface area contributed by atoms with Crippen LogP contribution in [0, 0.1) is 5.92 Å². The number of aromatic nitrogens is 3. The van der Waals surface area contributed by atoms with E-state index in [-0.39, 0.29) is 24.1 Å². The van der Waals surface area contributed by atoms with Crippen molar-refractivity contribution in [2.75, 3.05) is 0 Å². The summed E-state index contributed by atoms with van der Waals surface area (Å²) < 4.78 is 1.13. The van der Waals surface area contributed by atoms with Crippen LogP contribution < -0.4 is 10.9 Å². The third-order valence-corrected chi connectivity index (χ3v) is 4.22. The van der Waals surface area contributed by atoms with Gasteiger partial charge in [0.2, 0.25) is 5.91 Å². The summed E-state index contributed by atoms with van der Waals surface area (Å²) in [5.41, 5.74) is 0.267. The molecule has 1 amide bonds. The molecule has 22 heavy (non-hydrogen) atoms. The molecule has 1 aliphatic carbocycles. The van der Waals surface area contributed by atoms with E-state index in [4.69, 9.17) is 0 Å². The number of hydrogen-bond acceptors (Lipinski definition) is 4. The Labute approximate surface area is 128 Å². The van der Waals surface area contributed by atoms with Crippen molar-refractivity contribution in [2.45, 2.75) is 45.2 Å². The van der Waals surface area contributed by atoms with E-state index >= 15 is 0 Å². The average molecular weight is 300 g/mol. The van der Waals surface area contributed by atoms with Gasteiger partial charge in [-0.15, -0.1) is 5.10 Å². The van der Waals surface area contributed by atoms with Crippen molar-refractivity contribution in [3.63, 3.8) is 0 Å². The summed E-state index contributed by atoms with van der Waals surface area (Å²) in [4.78, 5) is 24.4. The molecule has 116 valence electrons. The van der Waals surface area contributed by atoms with Crippen molar-refractivity contribution in [1.29, 1.82) is 0 Å². The maximum Gasteiger partial charge on any atom is 0.278 e.